The molecule has 0 spiro atoms. The van der Waals surface area contributed by atoms with E-state index in [0.717, 1.165) is 31.5 Å². The van der Waals surface area contributed by atoms with Crippen molar-refractivity contribution in [1.82, 2.24) is 9.80 Å². The van der Waals surface area contributed by atoms with Gasteiger partial charge in [0.2, 0.25) is 0 Å². The van der Waals surface area contributed by atoms with Crippen LogP contribution in [0.4, 0.5) is 0 Å². The predicted molar refractivity (Wildman–Crippen MR) is 94.1 cm³/mol. The second kappa shape index (κ2) is 8.89. The van der Waals surface area contributed by atoms with Crippen LogP contribution in [0.5, 0.6) is 0 Å². The molecule has 122 valence electrons. The van der Waals surface area contributed by atoms with Gasteiger partial charge in [0.15, 0.2) is 5.96 Å². The topological polar surface area (TPSA) is 44.9 Å². The summed E-state index contributed by atoms with van der Waals surface area (Å²) in [4.78, 5) is 9.69. The summed E-state index contributed by atoms with van der Waals surface area (Å²) in [6, 6.07) is 0.584. The first-order chi connectivity index (χ1) is 10.3. The minimum atomic E-state index is 0.584. The Bertz CT molecular complexity index is 316. The van der Waals surface area contributed by atoms with Gasteiger partial charge in [0, 0.05) is 30.6 Å². The molecule has 0 saturated carbocycles. The van der Waals surface area contributed by atoms with Crippen LogP contribution in [-0.2, 0) is 0 Å². The molecule has 0 aromatic rings. The summed E-state index contributed by atoms with van der Waals surface area (Å²) >= 11 is 2.01. The number of thioether (sulfide) groups is 1. The standard InChI is InChI=1S/C16H32N4S/c1-3-14(4-2)15(19-7-5-6-8-19)13-18-16(17)20-9-11-21-12-10-20/h14-15H,3-13H2,1-2H3,(H2,17,18). The van der Waals surface area contributed by atoms with Gasteiger partial charge in [-0.3, -0.25) is 9.89 Å². The van der Waals surface area contributed by atoms with E-state index in [1.54, 1.807) is 0 Å². The maximum absolute atomic E-state index is 6.23. The highest BCUT2D eigenvalue weighted by Gasteiger charge is 2.27. The minimum Gasteiger partial charge on any atom is -0.370 e. The lowest BCUT2D eigenvalue weighted by Crippen LogP contribution is -2.45. The molecular weight excluding hydrogens is 280 g/mol. The third-order valence-electron chi connectivity index (χ3n) is 4.98. The summed E-state index contributed by atoms with van der Waals surface area (Å²) < 4.78 is 0. The summed E-state index contributed by atoms with van der Waals surface area (Å²) in [5, 5.41) is 0. The Morgan fingerprint density at radius 3 is 2.29 bits per heavy atom. The lowest BCUT2D eigenvalue weighted by Gasteiger charge is -2.33. The van der Waals surface area contributed by atoms with E-state index in [1.165, 1.54) is 50.3 Å². The molecule has 0 bridgehead atoms. The molecule has 0 aromatic carbocycles. The van der Waals surface area contributed by atoms with Gasteiger partial charge >= 0.3 is 0 Å². The van der Waals surface area contributed by atoms with E-state index in [2.05, 4.69) is 23.6 Å². The molecule has 5 heteroatoms. The molecule has 2 aliphatic heterocycles. The average Bonchev–Trinajstić information content (AvgIpc) is 3.06. The third-order valence-corrected chi connectivity index (χ3v) is 5.92. The van der Waals surface area contributed by atoms with E-state index in [4.69, 9.17) is 10.7 Å². The van der Waals surface area contributed by atoms with Crippen LogP contribution in [0.15, 0.2) is 4.99 Å². The Morgan fingerprint density at radius 1 is 1.10 bits per heavy atom. The quantitative estimate of drug-likeness (QED) is 0.603. The summed E-state index contributed by atoms with van der Waals surface area (Å²) in [6.45, 7) is 10.1. The number of guanidine groups is 1. The monoisotopic (exact) mass is 312 g/mol. The van der Waals surface area contributed by atoms with Crippen molar-refractivity contribution >= 4 is 17.7 Å². The Morgan fingerprint density at radius 2 is 1.71 bits per heavy atom. The molecule has 0 aromatic heterocycles. The van der Waals surface area contributed by atoms with Gasteiger partial charge in [0.25, 0.3) is 0 Å². The molecule has 21 heavy (non-hydrogen) atoms. The Kier molecular flexibility index (Phi) is 7.17. The maximum Gasteiger partial charge on any atom is 0.191 e. The van der Waals surface area contributed by atoms with E-state index in [0.29, 0.717) is 6.04 Å². The molecule has 0 radical (unpaired) electrons. The lowest BCUT2D eigenvalue weighted by molar-refractivity contribution is 0.171. The van der Waals surface area contributed by atoms with Crippen molar-refractivity contribution in [3.05, 3.63) is 0 Å². The fourth-order valence-corrected chi connectivity index (χ4v) is 4.45. The second-order valence-corrected chi connectivity index (χ2v) is 7.41. The zero-order valence-corrected chi connectivity index (χ0v) is 14.6. The molecule has 2 heterocycles. The van der Waals surface area contributed by atoms with Crippen molar-refractivity contribution in [3.8, 4) is 0 Å². The minimum absolute atomic E-state index is 0.584. The molecule has 2 saturated heterocycles. The molecule has 2 N–H and O–H groups in total. The van der Waals surface area contributed by atoms with E-state index >= 15 is 0 Å². The van der Waals surface area contributed by atoms with Crippen molar-refractivity contribution in [2.75, 3.05) is 44.2 Å². The average molecular weight is 313 g/mol. The van der Waals surface area contributed by atoms with Crippen molar-refractivity contribution in [1.29, 1.82) is 0 Å². The first-order valence-electron chi connectivity index (χ1n) is 8.62. The molecule has 4 nitrogen and oxygen atoms in total. The van der Waals surface area contributed by atoms with Gasteiger partial charge < -0.3 is 10.6 Å². The number of nitrogens with two attached hydrogens (primary N) is 1. The van der Waals surface area contributed by atoms with Crippen LogP contribution in [0.1, 0.15) is 39.5 Å². The third kappa shape index (κ3) is 4.78. The first-order valence-corrected chi connectivity index (χ1v) is 9.78. The molecule has 1 atom stereocenters. The van der Waals surface area contributed by atoms with Gasteiger partial charge in [-0.25, -0.2) is 0 Å². The highest BCUT2D eigenvalue weighted by Crippen LogP contribution is 2.23. The van der Waals surface area contributed by atoms with Crippen LogP contribution in [0, 0.1) is 5.92 Å². The normalized spacial score (nSPS) is 23.0. The lowest BCUT2D eigenvalue weighted by atomic mass is 9.93. The van der Waals surface area contributed by atoms with Gasteiger partial charge in [-0.15, -0.1) is 0 Å². The number of rotatable bonds is 6. The van der Waals surface area contributed by atoms with Gasteiger partial charge in [-0.05, 0) is 31.8 Å². The highest BCUT2D eigenvalue weighted by atomic mass is 32.2. The molecule has 2 aliphatic rings. The van der Waals surface area contributed by atoms with Crippen molar-refractivity contribution in [3.63, 3.8) is 0 Å². The van der Waals surface area contributed by atoms with Crippen molar-refractivity contribution in [2.45, 2.75) is 45.6 Å². The van der Waals surface area contributed by atoms with Crippen LogP contribution >= 0.6 is 11.8 Å². The largest absolute Gasteiger partial charge is 0.370 e. The van der Waals surface area contributed by atoms with E-state index in [-0.39, 0.29) is 0 Å². The number of hydrogen-bond donors (Lipinski definition) is 1. The van der Waals surface area contributed by atoms with Gasteiger partial charge in [0.05, 0.1) is 6.54 Å². The zero-order valence-electron chi connectivity index (χ0n) is 13.8. The Hall–Kier alpha value is -0.420. The van der Waals surface area contributed by atoms with Crippen LogP contribution in [0.3, 0.4) is 0 Å². The predicted octanol–water partition coefficient (Wildman–Crippen LogP) is 2.25. The maximum atomic E-state index is 6.23. The molecular formula is C16H32N4S. The van der Waals surface area contributed by atoms with E-state index in [1.807, 2.05) is 11.8 Å². The van der Waals surface area contributed by atoms with Gasteiger partial charge in [0.1, 0.15) is 0 Å². The van der Waals surface area contributed by atoms with Crippen LogP contribution in [-0.4, -0.2) is 66.0 Å². The number of nitrogens with zero attached hydrogens (tertiary/aromatic N) is 3. The SMILES string of the molecule is CCC(CC)C(CN=C(N)N1CCSCC1)N1CCCC1. The number of likely N-dealkylation sites (tertiary alicyclic amines) is 1. The van der Waals surface area contributed by atoms with Crippen LogP contribution < -0.4 is 5.73 Å². The second-order valence-electron chi connectivity index (χ2n) is 6.19. The molecule has 0 amide bonds. The molecule has 2 fully saturated rings. The summed E-state index contributed by atoms with van der Waals surface area (Å²) in [5.41, 5.74) is 6.23. The Balaban J connectivity index is 1.96. The van der Waals surface area contributed by atoms with Crippen LogP contribution in [0.25, 0.3) is 0 Å². The van der Waals surface area contributed by atoms with Gasteiger partial charge in [-0.1, -0.05) is 26.7 Å². The van der Waals surface area contributed by atoms with E-state index in [9.17, 15) is 0 Å². The summed E-state index contributed by atoms with van der Waals surface area (Å²) in [6.07, 6.45) is 5.18. The smallest absolute Gasteiger partial charge is 0.191 e. The van der Waals surface area contributed by atoms with Gasteiger partial charge in [-0.2, -0.15) is 11.8 Å². The fourth-order valence-electron chi connectivity index (χ4n) is 3.55. The van der Waals surface area contributed by atoms with Crippen LogP contribution in [0.2, 0.25) is 0 Å². The Labute approximate surface area is 134 Å². The molecule has 2 rings (SSSR count). The molecule has 1 unspecified atom stereocenters. The van der Waals surface area contributed by atoms with Crippen molar-refractivity contribution < 1.29 is 0 Å². The number of aliphatic imine (C=N–C) groups is 1. The number of hydrogen-bond acceptors (Lipinski definition) is 3. The highest BCUT2D eigenvalue weighted by molar-refractivity contribution is 7.99. The zero-order chi connectivity index (χ0) is 15.1. The van der Waals surface area contributed by atoms with Crippen molar-refractivity contribution in [2.24, 2.45) is 16.6 Å². The molecule has 0 aliphatic carbocycles. The summed E-state index contributed by atoms with van der Waals surface area (Å²) in [5.74, 6) is 3.87. The fraction of sp³-hybridized carbons (Fsp3) is 0.938. The van der Waals surface area contributed by atoms with E-state index < -0.39 is 0 Å². The summed E-state index contributed by atoms with van der Waals surface area (Å²) in [7, 11) is 0. The first kappa shape index (κ1) is 16.9.